The summed E-state index contributed by atoms with van der Waals surface area (Å²) in [7, 11) is 0. The van der Waals surface area contributed by atoms with Crippen LogP contribution in [0.15, 0.2) is 45.3 Å². The van der Waals surface area contributed by atoms with Crippen LogP contribution in [0.3, 0.4) is 0 Å². The number of ether oxygens (including phenoxy) is 1. The van der Waals surface area contributed by atoms with Gasteiger partial charge < -0.3 is 4.74 Å². The van der Waals surface area contributed by atoms with E-state index in [0.29, 0.717) is 21.9 Å². The van der Waals surface area contributed by atoms with Crippen LogP contribution in [0.1, 0.15) is 5.56 Å². The maximum absolute atomic E-state index is 13.1. The zero-order valence-electron chi connectivity index (χ0n) is 9.09. The van der Waals surface area contributed by atoms with Crippen molar-refractivity contribution in [1.82, 2.24) is 0 Å². The lowest BCUT2D eigenvalue weighted by atomic mass is 10.2. The number of benzene rings is 2. The van der Waals surface area contributed by atoms with Crippen LogP contribution in [0.4, 0.5) is 4.39 Å². The fourth-order valence-corrected chi connectivity index (χ4v) is 2.61. The first-order chi connectivity index (χ1) is 8.56. The lowest BCUT2D eigenvalue weighted by Crippen LogP contribution is -1.96. The molecule has 0 spiro atoms. The maximum Gasteiger partial charge on any atom is 0.137 e. The topological polar surface area (TPSA) is 9.23 Å². The molecule has 2 aromatic carbocycles. The van der Waals surface area contributed by atoms with Gasteiger partial charge in [-0.05, 0) is 67.8 Å². The van der Waals surface area contributed by atoms with Crippen molar-refractivity contribution in [2.24, 2.45) is 0 Å². The standard InChI is InChI=1S/C13H8Br2ClFO/c14-10-5-8(1-3-12(10)17)7-18-13-4-2-9(16)6-11(13)15/h1-6H,7H2. The lowest BCUT2D eigenvalue weighted by Gasteiger charge is -2.09. The summed E-state index contributed by atoms with van der Waals surface area (Å²) in [5, 5.41) is 0.638. The summed E-state index contributed by atoms with van der Waals surface area (Å²) in [5.41, 5.74) is 0.880. The van der Waals surface area contributed by atoms with Crippen molar-refractivity contribution >= 4 is 43.5 Å². The summed E-state index contributed by atoms with van der Waals surface area (Å²) < 4.78 is 19.9. The molecule has 18 heavy (non-hydrogen) atoms. The summed E-state index contributed by atoms with van der Waals surface area (Å²) in [5.74, 6) is 0.409. The van der Waals surface area contributed by atoms with Crippen LogP contribution in [0, 0.1) is 5.82 Å². The zero-order valence-corrected chi connectivity index (χ0v) is 13.0. The van der Waals surface area contributed by atoms with Gasteiger partial charge in [0.1, 0.15) is 18.2 Å². The van der Waals surface area contributed by atoms with Crippen LogP contribution in [0.5, 0.6) is 5.75 Å². The van der Waals surface area contributed by atoms with Gasteiger partial charge in [-0.15, -0.1) is 0 Å². The molecule has 5 heteroatoms. The molecule has 0 unspecified atom stereocenters. The highest BCUT2D eigenvalue weighted by Crippen LogP contribution is 2.29. The van der Waals surface area contributed by atoms with Crippen LogP contribution in [0.25, 0.3) is 0 Å². The highest BCUT2D eigenvalue weighted by molar-refractivity contribution is 9.10. The van der Waals surface area contributed by atoms with Gasteiger partial charge >= 0.3 is 0 Å². The SMILES string of the molecule is Fc1ccc(COc2ccc(Cl)cc2Br)cc1Br. The van der Waals surface area contributed by atoms with Crippen LogP contribution in [0.2, 0.25) is 5.02 Å². The highest BCUT2D eigenvalue weighted by atomic mass is 79.9. The van der Waals surface area contributed by atoms with Gasteiger partial charge in [-0.3, -0.25) is 0 Å². The molecule has 0 aliphatic rings. The largest absolute Gasteiger partial charge is 0.488 e. The van der Waals surface area contributed by atoms with Gasteiger partial charge in [0.2, 0.25) is 0 Å². The minimum absolute atomic E-state index is 0.286. The Morgan fingerprint density at radius 1 is 1.06 bits per heavy atom. The van der Waals surface area contributed by atoms with Crippen molar-refractivity contribution in [3.8, 4) is 5.75 Å². The molecule has 0 atom stereocenters. The lowest BCUT2D eigenvalue weighted by molar-refractivity contribution is 0.304. The van der Waals surface area contributed by atoms with E-state index in [4.69, 9.17) is 16.3 Å². The van der Waals surface area contributed by atoms with Gasteiger partial charge in [0, 0.05) is 5.02 Å². The Morgan fingerprint density at radius 3 is 2.50 bits per heavy atom. The molecule has 0 fully saturated rings. The van der Waals surface area contributed by atoms with E-state index in [1.807, 2.05) is 0 Å². The zero-order chi connectivity index (χ0) is 13.1. The molecule has 0 aliphatic carbocycles. The molecule has 0 N–H and O–H groups in total. The summed E-state index contributed by atoms with van der Waals surface area (Å²) >= 11 is 12.3. The molecule has 0 aliphatic heterocycles. The second kappa shape index (κ2) is 6.04. The van der Waals surface area contributed by atoms with Gasteiger partial charge in [-0.1, -0.05) is 17.7 Å². The van der Waals surface area contributed by atoms with E-state index < -0.39 is 0 Å². The van der Waals surface area contributed by atoms with E-state index in [0.717, 1.165) is 10.0 Å². The molecule has 2 rings (SSSR count). The molecule has 0 heterocycles. The summed E-state index contributed by atoms with van der Waals surface area (Å²) in [6.45, 7) is 0.360. The molecular formula is C13H8Br2ClFO. The number of hydrogen-bond acceptors (Lipinski definition) is 1. The molecule has 1 nitrogen and oxygen atoms in total. The van der Waals surface area contributed by atoms with Crippen molar-refractivity contribution in [2.45, 2.75) is 6.61 Å². The predicted octanol–water partition coefficient (Wildman–Crippen LogP) is 5.58. The fourth-order valence-electron chi connectivity index (χ4n) is 1.38. The summed E-state index contributed by atoms with van der Waals surface area (Å²) in [4.78, 5) is 0. The molecule has 0 saturated heterocycles. The number of rotatable bonds is 3. The van der Waals surface area contributed by atoms with Crippen LogP contribution in [-0.4, -0.2) is 0 Å². The summed E-state index contributed by atoms with van der Waals surface area (Å²) in [6, 6.07) is 10.1. The minimum atomic E-state index is -0.286. The Kier molecular flexibility index (Phi) is 4.65. The number of hydrogen-bond donors (Lipinski definition) is 0. The molecule has 0 amide bonds. The Labute approximate surface area is 126 Å². The smallest absolute Gasteiger partial charge is 0.137 e. The summed E-state index contributed by atoms with van der Waals surface area (Å²) in [6.07, 6.45) is 0. The third-order valence-corrected chi connectivity index (χ3v) is 3.73. The van der Waals surface area contributed by atoms with Gasteiger partial charge in [0.05, 0.1) is 8.95 Å². The third kappa shape index (κ3) is 3.46. The first kappa shape index (κ1) is 13.8. The van der Waals surface area contributed by atoms with Crippen molar-refractivity contribution < 1.29 is 9.13 Å². The van der Waals surface area contributed by atoms with E-state index >= 15 is 0 Å². The van der Waals surface area contributed by atoms with Crippen molar-refractivity contribution in [2.75, 3.05) is 0 Å². The fraction of sp³-hybridized carbons (Fsp3) is 0.0769. The Morgan fingerprint density at radius 2 is 1.83 bits per heavy atom. The van der Waals surface area contributed by atoms with E-state index in [9.17, 15) is 4.39 Å². The molecule has 0 saturated carbocycles. The molecule has 0 aromatic heterocycles. The van der Waals surface area contributed by atoms with E-state index in [1.54, 1.807) is 30.3 Å². The van der Waals surface area contributed by atoms with E-state index in [-0.39, 0.29) is 5.82 Å². The molecule has 0 bridgehead atoms. The molecular weight excluding hydrogens is 386 g/mol. The van der Waals surface area contributed by atoms with Crippen molar-refractivity contribution in [1.29, 1.82) is 0 Å². The molecule has 94 valence electrons. The van der Waals surface area contributed by atoms with Gasteiger partial charge in [-0.2, -0.15) is 0 Å². The first-order valence-corrected chi connectivity index (χ1v) is 7.04. The number of halogens is 4. The van der Waals surface area contributed by atoms with Gasteiger partial charge in [-0.25, -0.2) is 4.39 Å². The van der Waals surface area contributed by atoms with E-state index in [2.05, 4.69) is 31.9 Å². The van der Waals surface area contributed by atoms with Gasteiger partial charge in [0.25, 0.3) is 0 Å². The maximum atomic E-state index is 13.1. The van der Waals surface area contributed by atoms with Crippen molar-refractivity contribution in [3.63, 3.8) is 0 Å². The minimum Gasteiger partial charge on any atom is -0.488 e. The van der Waals surface area contributed by atoms with Crippen LogP contribution < -0.4 is 4.74 Å². The van der Waals surface area contributed by atoms with Gasteiger partial charge in [0.15, 0.2) is 0 Å². The second-order valence-corrected chi connectivity index (χ2v) is 5.76. The van der Waals surface area contributed by atoms with Crippen LogP contribution >= 0.6 is 43.5 Å². The third-order valence-electron chi connectivity index (χ3n) is 2.27. The Bertz CT molecular complexity index is 575. The normalized spacial score (nSPS) is 10.4. The average Bonchev–Trinajstić information content (AvgIpc) is 2.32. The van der Waals surface area contributed by atoms with Crippen molar-refractivity contribution in [3.05, 3.63) is 61.7 Å². The predicted molar refractivity (Wildman–Crippen MR) is 77.6 cm³/mol. The van der Waals surface area contributed by atoms with E-state index in [1.165, 1.54) is 6.07 Å². The average molecular weight is 394 g/mol. The monoisotopic (exact) mass is 392 g/mol. The second-order valence-electron chi connectivity index (χ2n) is 3.61. The Hall–Kier alpha value is -0.580. The highest BCUT2D eigenvalue weighted by Gasteiger charge is 2.04. The van der Waals surface area contributed by atoms with Crippen LogP contribution in [-0.2, 0) is 6.61 Å². The quantitative estimate of drug-likeness (QED) is 0.660. The Balaban J connectivity index is 2.09. The first-order valence-electron chi connectivity index (χ1n) is 5.08. The molecule has 2 aromatic rings. The molecule has 0 radical (unpaired) electrons.